The molecule has 1 aromatic rings. The number of likely N-dealkylation sites (N-methyl/N-ethyl adjacent to an activating group) is 2. The van der Waals surface area contributed by atoms with Gasteiger partial charge in [0.25, 0.3) is 0 Å². The molecule has 0 atom stereocenters. The van der Waals surface area contributed by atoms with Crippen molar-refractivity contribution in [1.29, 1.82) is 0 Å². The molecule has 0 aliphatic carbocycles. The van der Waals surface area contributed by atoms with Gasteiger partial charge in [-0.1, -0.05) is 6.58 Å². The number of hydrogen-bond donors (Lipinski definition) is 0. The van der Waals surface area contributed by atoms with Gasteiger partial charge in [-0.3, -0.25) is 4.98 Å². The summed E-state index contributed by atoms with van der Waals surface area (Å²) < 4.78 is 0. The second-order valence-corrected chi connectivity index (χ2v) is 3.35. The highest BCUT2D eigenvalue weighted by atomic mass is 15.2. The van der Waals surface area contributed by atoms with Gasteiger partial charge in [0.2, 0.25) is 0 Å². The van der Waals surface area contributed by atoms with Crippen LogP contribution < -0.4 is 9.80 Å². The Morgan fingerprint density at radius 1 is 1.38 bits per heavy atom. The van der Waals surface area contributed by atoms with Crippen molar-refractivity contribution in [2.75, 3.05) is 30.4 Å². The summed E-state index contributed by atoms with van der Waals surface area (Å²) in [6.07, 6.45) is 3.69. The van der Waals surface area contributed by atoms with Crippen LogP contribution in [0.5, 0.6) is 0 Å². The largest absolute Gasteiger partial charge is 0.367 e. The number of hydrogen-bond acceptors (Lipinski definition) is 3. The molecule has 0 unspecified atom stereocenters. The first-order valence-corrected chi connectivity index (χ1v) is 4.27. The van der Waals surface area contributed by atoms with Gasteiger partial charge < -0.3 is 9.80 Å². The monoisotopic (exact) mass is 175 g/mol. The number of nitrogens with zero attached hydrogens (tertiary/aromatic N) is 3. The van der Waals surface area contributed by atoms with E-state index in [1.54, 1.807) is 0 Å². The van der Waals surface area contributed by atoms with Crippen LogP contribution in [0.2, 0.25) is 0 Å². The Morgan fingerprint density at radius 3 is 2.92 bits per heavy atom. The van der Waals surface area contributed by atoms with Gasteiger partial charge in [-0.25, -0.2) is 0 Å². The topological polar surface area (TPSA) is 19.4 Å². The van der Waals surface area contributed by atoms with Crippen molar-refractivity contribution in [2.45, 2.75) is 0 Å². The SMILES string of the molecule is C=C1CN(C)c2ccncc2N1C. The molecule has 0 amide bonds. The van der Waals surface area contributed by atoms with Crippen molar-refractivity contribution in [3.63, 3.8) is 0 Å². The fourth-order valence-corrected chi connectivity index (χ4v) is 1.60. The van der Waals surface area contributed by atoms with Crippen molar-refractivity contribution < 1.29 is 0 Å². The molecule has 0 radical (unpaired) electrons. The van der Waals surface area contributed by atoms with Crippen LogP contribution in [0.25, 0.3) is 0 Å². The molecule has 2 rings (SSSR count). The van der Waals surface area contributed by atoms with Crippen LogP contribution in [-0.2, 0) is 0 Å². The van der Waals surface area contributed by atoms with E-state index in [2.05, 4.69) is 28.4 Å². The minimum Gasteiger partial charge on any atom is -0.367 e. The summed E-state index contributed by atoms with van der Waals surface area (Å²) >= 11 is 0. The summed E-state index contributed by atoms with van der Waals surface area (Å²) in [5.41, 5.74) is 3.44. The first-order chi connectivity index (χ1) is 6.20. The lowest BCUT2D eigenvalue weighted by molar-refractivity contribution is 0.886. The maximum absolute atomic E-state index is 4.11. The molecular formula is C10H13N3. The number of fused-ring (bicyclic) bond motifs is 1. The molecule has 0 saturated heterocycles. The molecule has 13 heavy (non-hydrogen) atoms. The molecule has 68 valence electrons. The molecule has 0 N–H and O–H groups in total. The molecular weight excluding hydrogens is 162 g/mol. The van der Waals surface area contributed by atoms with Crippen LogP contribution in [0.3, 0.4) is 0 Å². The molecule has 0 saturated carbocycles. The maximum Gasteiger partial charge on any atom is 0.0830 e. The molecule has 1 aliphatic rings. The fourth-order valence-electron chi connectivity index (χ4n) is 1.60. The van der Waals surface area contributed by atoms with Gasteiger partial charge in [-0.05, 0) is 6.07 Å². The van der Waals surface area contributed by atoms with Gasteiger partial charge in [-0.15, -0.1) is 0 Å². The van der Waals surface area contributed by atoms with E-state index in [0.717, 1.165) is 17.9 Å². The van der Waals surface area contributed by atoms with E-state index in [9.17, 15) is 0 Å². The maximum atomic E-state index is 4.11. The molecule has 0 spiro atoms. The Balaban J connectivity index is 2.53. The van der Waals surface area contributed by atoms with E-state index < -0.39 is 0 Å². The Hall–Kier alpha value is -1.51. The van der Waals surface area contributed by atoms with Gasteiger partial charge in [0.15, 0.2) is 0 Å². The zero-order valence-corrected chi connectivity index (χ0v) is 7.99. The second-order valence-electron chi connectivity index (χ2n) is 3.35. The van der Waals surface area contributed by atoms with Crippen LogP contribution in [0, 0.1) is 0 Å². The quantitative estimate of drug-likeness (QED) is 0.595. The molecule has 1 aromatic heterocycles. The zero-order valence-electron chi connectivity index (χ0n) is 7.99. The molecule has 0 bridgehead atoms. The number of aromatic nitrogens is 1. The molecule has 3 nitrogen and oxygen atoms in total. The number of anilines is 2. The van der Waals surface area contributed by atoms with Crippen molar-refractivity contribution >= 4 is 11.4 Å². The Morgan fingerprint density at radius 2 is 2.15 bits per heavy atom. The molecule has 0 aromatic carbocycles. The fraction of sp³-hybridized carbons (Fsp3) is 0.300. The molecule has 3 heteroatoms. The average molecular weight is 175 g/mol. The minimum absolute atomic E-state index is 0.882. The van der Waals surface area contributed by atoms with Gasteiger partial charge in [-0.2, -0.15) is 0 Å². The van der Waals surface area contributed by atoms with Crippen molar-refractivity contribution in [2.24, 2.45) is 0 Å². The lowest BCUT2D eigenvalue weighted by Gasteiger charge is -2.35. The molecule has 2 heterocycles. The van der Waals surface area contributed by atoms with Gasteiger partial charge in [0.05, 0.1) is 24.1 Å². The highest BCUT2D eigenvalue weighted by Gasteiger charge is 2.19. The van der Waals surface area contributed by atoms with E-state index in [-0.39, 0.29) is 0 Å². The molecule has 0 fully saturated rings. The first kappa shape index (κ1) is 8.10. The summed E-state index contributed by atoms with van der Waals surface area (Å²) in [6.45, 7) is 4.88. The van der Waals surface area contributed by atoms with E-state index >= 15 is 0 Å². The number of pyridine rings is 1. The summed E-state index contributed by atoms with van der Waals surface area (Å²) in [5.74, 6) is 0. The summed E-state index contributed by atoms with van der Waals surface area (Å²) in [5, 5.41) is 0. The van der Waals surface area contributed by atoms with Crippen molar-refractivity contribution in [1.82, 2.24) is 4.98 Å². The van der Waals surface area contributed by atoms with Gasteiger partial charge in [0.1, 0.15) is 0 Å². The van der Waals surface area contributed by atoms with Crippen molar-refractivity contribution in [3.8, 4) is 0 Å². The Labute approximate surface area is 78.3 Å². The first-order valence-electron chi connectivity index (χ1n) is 4.27. The predicted octanol–water partition coefficient (Wildman–Crippen LogP) is 1.48. The lowest BCUT2D eigenvalue weighted by atomic mass is 10.2. The van der Waals surface area contributed by atoms with Gasteiger partial charge in [0, 0.05) is 26.0 Å². The smallest absolute Gasteiger partial charge is 0.0830 e. The van der Waals surface area contributed by atoms with Crippen LogP contribution in [0.1, 0.15) is 0 Å². The van der Waals surface area contributed by atoms with Crippen LogP contribution >= 0.6 is 0 Å². The third kappa shape index (κ3) is 1.16. The Kier molecular flexibility index (Phi) is 1.72. The second kappa shape index (κ2) is 2.76. The third-order valence-corrected chi connectivity index (χ3v) is 2.44. The summed E-state index contributed by atoms with van der Waals surface area (Å²) in [4.78, 5) is 8.37. The average Bonchev–Trinajstić information content (AvgIpc) is 2.15. The van der Waals surface area contributed by atoms with E-state index in [1.807, 2.05) is 25.5 Å². The van der Waals surface area contributed by atoms with Crippen LogP contribution in [0.4, 0.5) is 11.4 Å². The van der Waals surface area contributed by atoms with Gasteiger partial charge >= 0.3 is 0 Å². The standard InChI is InChI=1S/C10H13N3/c1-8-7-12(2)9-4-5-11-6-10(9)13(8)3/h4-6H,1,7H2,2-3H3. The summed E-state index contributed by atoms with van der Waals surface area (Å²) in [7, 11) is 4.09. The molecule has 1 aliphatic heterocycles. The normalized spacial score (nSPS) is 16.0. The van der Waals surface area contributed by atoms with Crippen molar-refractivity contribution in [3.05, 3.63) is 30.7 Å². The van der Waals surface area contributed by atoms with Crippen LogP contribution in [0.15, 0.2) is 30.7 Å². The van der Waals surface area contributed by atoms with E-state index in [0.29, 0.717) is 0 Å². The van der Waals surface area contributed by atoms with Crippen LogP contribution in [-0.4, -0.2) is 25.6 Å². The summed E-state index contributed by atoms with van der Waals surface area (Å²) in [6, 6.07) is 2.03. The zero-order chi connectivity index (χ0) is 9.42. The van der Waals surface area contributed by atoms with E-state index in [1.165, 1.54) is 5.69 Å². The number of rotatable bonds is 0. The highest BCUT2D eigenvalue weighted by Crippen LogP contribution is 2.32. The minimum atomic E-state index is 0.882. The highest BCUT2D eigenvalue weighted by molar-refractivity contribution is 5.74. The predicted molar refractivity (Wildman–Crippen MR) is 55.1 cm³/mol. The third-order valence-electron chi connectivity index (χ3n) is 2.44. The lowest BCUT2D eigenvalue weighted by Crippen LogP contribution is -2.34. The van der Waals surface area contributed by atoms with E-state index in [4.69, 9.17) is 0 Å². The Bertz CT molecular complexity index is 346.